The fraction of sp³-hybridized carbons (Fsp3) is 0.294. The van der Waals surface area contributed by atoms with Gasteiger partial charge in [-0.15, -0.1) is 0 Å². The van der Waals surface area contributed by atoms with Crippen molar-refractivity contribution in [2.45, 2.75) is 18.9 Å². The minimum atomic E-state index is 0.0263. The second-order valence-electron chi connectivity index (χ2n) is 4.94. The molecule has 2 nitrogen and oxygen atoms in total. The number of aryl methyl sites for hydroxylation is 2. The van der Waals surface area contributed by atoms with Crippen molar-refractivity contribution in [1.29, 1.82) is 0 Å². The first-order valence-electron chi connectivity index (χ1n) is 6.87. The van der Waals surface area contributed by atoms with Crippen LogP contribution < -0.4 is 5.73 Å². The number of benzene rings is 2. The molecule has 98 valence electrons. The third-order valence-corrected chi connectivity index (χ3v) is 3.74. The third-order valence-electron chi connectivity index (χ3n) is 3.74. The van der Waals surface area contributed by atoms with Gasteiger partial charge in [-0.25, -0.2) is 0 Å². The highest BCUT2D eigenvalue weighted by Crippen LogP contribution is 2.34. The van der Waals surface area contributed by atoms with E-state index in [2.05, 4.69) is 48.5 Å². The molecule has 0 atom stereocenters. The Balaban J connectivity index is 2.08. The van der Waals surface area contributed by atoms with Gasteiger partial charge in [0.05, 0.1) is 6.61 Å². The van der Waals surface area contributed by atoms with Gasteiger partial charge in [-0.1, -0.05) is 48.5 Å². The zero-order chi connectivity index (χ0) is 13.1. The fourth-order valence-electron chi connectivity index (χ4n) is 2.84. The Hall–Kier alpha value is -1.64. The monoisotopic (exact) mass is 253 g/mol. The van der Waals surface area contributed by atoms with Crippen LogP contribution in [0.2, 0.25) is 0 Å². The van der Waals surface area contributed by atoms with Gasteiger partial charge in [-0.3, -0.25) is 0 Å². The molecule has 0 saturated heterocycles. The summed E-state index contributed by atoms with van der Waals surface area (Å²) in [5, 5.41) is 0. The molecule has 0 bridgehead atoms. The molecule has 0 heterocycles. The molecular weight excluding hydrogens is 234 g/mol. The van der Waals surface area contributed by atoms with Gasteiger partial charge in [0.1, 0.15) is 6.10 Å². The molecule has 0 unspecified atom stereocenters. The lowest BCUT2D eigenvalue weighted by Crippen LogP contribution is -2.14. The maximum Gasteiger partial charge on any atom is 0.108 e. The van der Waals surface area contributed by atoms with E-state index >= 15 is 0 Å². The van der Waals surface area contributed by atoms with Gasteiger partial charge in [0.15, 0.2) is 0 Å². The summed E-state index contributed by atoms with van der Waals surface area (Å²) >= 11 is 0. The third kappa shape index (κ3) is 2.42. The van der Waals surface area contributed by atoms with Crippen LogP contribution in [0.15, 0.2) is 48.5 Å². The SMILES string of the molecule is NCCOC1c2ccccc2CCc2ccccc21. The molecule has 2 heteroatoms. The van der Waals surface area contributed by atoms with E-state index in [1.54, 1.807) is 0 Å². The molecule has 3 rings (SSSR count). The van der Waals surface area contributed by atoms with Crippen molar-refractivity contribution < 1.29 is 4.74 Å². The summed E-state index contributed by atoms with van der Waals surface area (Å²) in [5.41, 5.74) is 11.0. The second kappa shape index (κ2) is 5.55. The first-order valence-corrected chi connectivity index (χ1v) is 6.87. The summed E-state index contributed by atoms with van der Waals surface area (Å²) in [5.74, 6) is 0. The molecular formula is C17H19NO. The highest BCUT2D eigenvalue weighted by atomic mass is 16.5. The van der Waals surface area contributed by atoms with Crippen molar-refractivity contribution in [2.75, 3.05) is 13.2 Å². The summed E-state index contributed by atoms with van der Waals surface area (Å²) in [6.45, 7) is 1.15. The fourth-order valence-corrected chi connectivity index (χ4v) is 2.84. The molecule has 0 spiro atoms. The molecule has 19 heavy (non-hydrogen) atoms. The van der Waals surface area contributed by atoms with Gasteiger partial charge < -0.3 is 10.5 Å². The molecule has 1 aliphatic rings. The molecule has 2 aromatic rings. The van der Waals surface area contributed by atoms with E-state index in [1.807, 2.05) is 0 Å². The molecule has 0 amide bonds. The summed E-state index contributed by atoms with van der Waals surface area (Å²) in [7, 11) is 0. The first kappa shape index (κ1) is 12.4. The minimum Gasteiger partial charge on any atom is -0.367 e. The molecule has 2 N–H and O–H groups in total. The highest BCUT2D eigenvalue weighted by Gasteiger charge is 2.23. The normalized spacial score (nSPS) is 14.6. The molecule has 2 aromatic carbocycles. The maximum absolute atomic E-state index is 6.04. The Kier molecular flexibility index (Phi) is 3.62. The van der Waals surface area contributed by atoms with E-state index in [4.69, 9.17) is 10.5 Å². The lowest BCUT2D eigenvalue weighted by molar-refractivity contribution is 0.0860. The van der Waals surface area contributed by atoms with Crippen molar-refractivity contribution in [3.05, 3.63) is 70.8 Å². The van der Waals surface area contributed by atoms with E-state index in [0.717, 1.165) is 12.8 Å². The van der Waals surface area contributed by atoms with Gasteiger partial charge >= 0.3 is 0 Å². The number of ether oxygens (including phenoxy) is 1. The Morgan fingerprint density at radius 3 is 1.95 bits per heavy atom. The van der Waals surface area contributed by atoms with Gasteiger partial charge in [0.25, 0.3) is 0 Å². The minimum absolute atomic E-state index is 0.0263. The molecule has 0 radical (unpaired) electrons. The smallest absolute Gasteiger partial charge is 0.108 e. The molecule has 0 fully saturated rings. The van der Waals surface area contributed by atoms with E-state index in [9.17, 15) is 0 Å². The summed E-state index contributed by atoms with van der Waals surface area (Å²) in [6, 6.07) is 17.2. The zero-order valence-corrected chi connectivity index (χ0v) is 11.0. The second-order valence-corrected chi connectivity index (χ2v) is 4.94. The number of fused-ring (bicyclic) bond motifs is 2. The van der Waals surface area contributed by atoms with Crippen molar-refractivity contribution in [1.82, 2.24) is 0 Å². The topological polar surface area (TPSA) is 35.2 Å². The van der Waals surface area contributed by atoms with Crippen LogP contribution in [-0.4, -0.2) is 13.2 Å². The number of hydrogen-bond acceptors (Lipinski definition) is 2. The Morgan fingerprint density at radius 1 is 0.895 bits per heavy atom. The lowest BCUT2D eigenvalue weighted by Gasteiger charge is -2.20. The largest absolute Gasteiger partial charge is 0.367 e. The highest BCUT2D eigenvalue weighted by molar-refractivity contribution is 5.43. The van der Waals surface area contributed by atoms with E-state index in [-0.39, 0.29) is 6.10 Å². The van der Waals surface area contributed by atoms with E-state index in [1.165, 1.54) is 22.3 Å². The van der Waals surface area contributed by atoms with Crippen LogP contribution in [0.3, 0.4) is 0 Å². The Labute approximate surface area is 114 Å². The van der Waals surface area contributed by atoms with Crippen LogP contribution in [0.5, 0.6) is 0 Å². The molecule has 0 aliphatic heterocycles. The molecule has 1 aliphatic carbocycles. The predicted molar refractivity (Wildman–Crippen MR) is 77.1 cm³/mol. The summed E-state index contributed by atoms with van der Waals surface area (Å²) < 4.78 is 6.04. The lowest BCUT2D eigenvalue weighted by atomic mass is 9.97. The average molecular weight is 253 g/mol. The quantitative estimate of drug-likeness (QED) is 0.913. The Morgan fingerprint density at radius 2 is 1.42 bits per heavy atom. The van der Waals surface area contributed by atoms with Crippen LogP contribution >= 0.6 is 0 Å². The average Bonchev–Trinajstić information content (AvgIpc) is 2.62. The predicted octanol–water partition coefficient (Wildman–Crippen LogP) is 2.85. The van der Waals surface area contributed by atoms with Crippen LogP contribution in [-0.2, 0) is 17.6 Å². The van der Waals surface area contributed by atoms with E-state index in [0.29, 0.717) is 13.2 Å². The van der Waals surface area contributed by atoms with Crippen LogP contribution in [0.4, 0.5) is 0 Å². The van der Waals surface area contributed by atoms with Gasteiger partial charge in [-0.2, -0.15) is 0 Å². The Bertz CT molecular complexity index is 517. The van der Waals surface area contributed by atoms with Crippen molar-refractivity contribution >= 4 is 0 Å². The first-order chi connectivity index (χ1) is 9.40. The van der Waals surface area contributed by atoms with Gasteiger partial charge in [0, 0.05) is 6.54 Å². The van der Waals surface area contributed by atoms with Crippen LogP contribution in [0.1, 0.15) is 28.4 Å². The van der Waals surface area contributed by atoms with Gasteiger partial charge in [0.2, 0.25) is 0 Å². The van der Waals surface area contributed by atoms with E-state index < -0.39 is 0 Å². The zero-order valence-electron chi connectivity index (χ0n) is 11.0. The molecule has 0 aromatic heterocycles. The van der Waals surface area contributed by atoms with Crippen molar-refractivity contribution in [3.63, 3.8) is 0 Å². The standard InChI is InChI=1S/C17H19NO/c18-11-12-19-17-15-7-3-1-5-13(15)9-10-14-6-2-4-8-16(14)17/h1-8,17H,9-12,18H2. The summed E-state index contributed by atoms with van der Waals surface area (Å²) in [6.07, 6.45) is 2.18. The molecule has 0 saturated carbocycles. The number of hydrogen-bond donors (Lipinski definition) is 1. The van der Waals surface area contributed by atoms with Crippen molar-refractivity contribution in [2.24, 2.45) is 5.73 Å². The van der Waals surface area contributed by atoms with Gasteiger partial charge in [-0.05, 0) is 35.1 Å². The van der Waals surface area contributed by atoms with Crippen LogP contribution in [0.25, 0.3) is 0 Å². The maximum atomic E-state index is 6.04. The van der Waals surface area contributed by atoms with Crippen molar-refractivity contribution in [3.8, 4) is 0 Å². The number of nitrogens with two attached hydrogens (primary N) is 1. The number of rotatable bonds is 3. The van der Waals surface area contributed by atoms with Crippen LogP contribution in [0, 0.1) is 0 Å². The summed E-state index contributed by atoms with van der Waals surface area (Å²) in [4.78, 5) is 0.